The van der Waals surface area contributed by atoms with Crippen molar-refractivity contribution < 1.29 is 22.7 Å². The van der Waals surface area contributed by atoms with E-state index in [2.05, 4.69) is 10.3 Å². The molecule has 3 rings (SSSR count). The minimum atomic E-state index is -3.74. The summed E-state index contributed by atoms with van der Waals surface area (Å²) in [5.74, 6) is -0.139. The molecule has 1 aromatic carbocycles. The first-order chi connectivity index (χ1) is 15.0. The molecule has 0 spiro atoms. The number of hydrogen-bond acceptors (Lipinski definition) is 6. The molecule has 1 saturated heterocycles. The molecule has 9 nitrogen and oxygen atoms in total. The van der Waals surface area contributed by atoms with E-state index < -0.39 is 21.7 Å². The maximum Gasteiger partial charge on any atom is 0.407 e. The number of nitrogens with zero attached hydrogens (tertiary/aromatic N) is 3. The van der Waals surface area contributed by atoms with Crippen LogP contribution in [-0.2, 0) is 19.6 Å². The van der Waals surface area contributed by atoms with E-state index in [0.717, 1.165) is 10.9 Å². The summed E-state index contributed by atoms with van der Waals surface area (Å²) in [6, 6.07) is 7.03. The van der Waals surface area contributed by atoms with Gasteiger partial charge in [-0.25, -0.2) is 13.2 Å². The van der Waals surface area contributed by atoms with E-state index in [0.29, 0.717) is 18.6 Å². The molecule has 1 aliphatic heterocycles. The number of aromatic nitrogens is 1. The molecule has 10 heteroatoms. The Kier molecular flexibility index (Phi) is 7.04. The number of fused-ring (bicyclic) bond motifs is 1. The maximum absolute atomic E-state index is 13.2. The van der Waals surface area contributed by atoms with Crippen LogP contribution < -0.4 is 5.32 Å². The summed E-state index contributed by atoms with van der Waals surface area (Å²) < 4.78 is 33.0. The first-order valence-corrected chi connectivity index (χ1v) is 12.0. The van der Waals surface area contributed by atoms with Crippen molar-refractivity contribution in [3.8, 4) is 0 Å². The SMILES string of the molecule is Cc1cnc2c(S(=O)(=O)N3CCN(C(=O)CCNC(=O)OC(C)(C)C)CC3)cccc2c1. The third-order valence-corrected chi connectivity index (χ3v) is 6.96. The van der Waals surface area contributed by atoms with Crippen molar-refractivity contribution in [1.82, 2.24) is 19.5 Å². The Morgan fingerprint density at radius 3 is 2.50 bits per heavy atom. The number of hydrogen-bond donors (Lipinski definition) is 1. The molecule has 32 heavy (non-hydrogen) atoms. The van der Waals surface area contributed by atoms with Gasteiger partial charge in [0.05, 0.1) is 5.52 Å². The molecule has 2 heterocycles. The molecule has 2 amide bonds. The molecule has 1 aliphatic rings. The Balaban J connectivity index is 1.57. The van der Waals surface area contributed by atoms with E-state index in [-0.39, 0.29) is 36.9 Å². The van der Waals surface area contributed by atoms with Gasteiger partial charge in [-0.15, -0.1) is 0 Å². The summed E-state index contributed by atoms with van der Waals surface area (Å²) in [5.41, 5.74) is 0.805. The molecule has 1 aromatic heterocycles. The first kappa shape index (κ1) is 23.9. The van der Waals surface area contributed by atoms with Crippen molar-refractivity contribution in [2.45, 2.75) is 44.6 Å². The Morgan fingerprint density at radius 1 is 1.16 bits per heavy atom. The number of piperazine rings is 1. The number of rotatable bonds is 5. The summed E-state index contributed by atoms with van der Waals surface area (Å²) in [6.45, 7) is 8.36. The summed E-state index contributed by atoms with van der Waals surface area (Å²) in [7, 11) is -3.74. The molecule has 0 saturated carbocycles. The standard InChI is InChI=1S/C22H30N4O5S/c1-16-14-17-6-5-7-18(20(17)24-15-16)32(29,30)26-12-10-25(11-13-26)19(27)8-9-23-21(28)31-22(2,3)4/h5-7,14-15H,8-13H2,1-4H3,(H,23,28). The zero-order chi connectivity index (χ0) is 23.5. The molecular formula is C22H30N4O5S. The van der Waals surface area contributed by atoms with Crippen LogP contribution in [-0.4, -0.2) is 72.9 Å². The highest BCUT2D eigenvalue weighted by atomic mass is 32.2. The smallest absolute Gasteiger partial charge is 0.407 e. The third-order valence-electron chi connectivity index (χ3n) is 5.03. The summed E-state index contributed by atoms with van der Waals surface area (Å²) in [5, 5.41) is 3.34. The molecule has 2 aromatic rings. The first-order valence-electron chi connectivity index (χ1n) is 10.6. The number of pyridine rings is 1. The van der Waals surface area contributed by atoms with Crippen molar-refractivity contribution in [1.29, 1.82) is 0 Å². The van der Waals surface area contributed by atoms with Crippen molar-refractivity contribution in [3.63, 3.8) is 0 Å². The molecule has 174 valence electrons. The van der Waals surface area contributed by atoms with E-state index in [1.165, 1.54) is 4.31 Å². The Morgan fingerprint density at radius 2 is 1.84 bits per heavy atom. The lowest BCUT2D eigenvalue weighted by Crippen LogP contribution is -2.51. The van der Waals surface area contributed by atoms with Gasteiger partial charge in [0.2, 0.25) is 15.9 Å². The number of benzene rings is 1. The van der Waals surface area contributed by atoms with Crippen LogP contribution in [0.25, 0.3) is 10.9 Å². The van der Waals surface area contributed by atoms with Crippen LogP contribution in [0.15, 0.2) is 35.4 Å². The highest BCUT2D eigenvalue weighted by Gasteiger charge is 2.31. The lowest BCUT2D eigenvalue weighted by atomic mass is 10.2. The number of carbonyl (C=O) groups excluding carboxylic acids is 2. The molecule has 1 N–H and O–H groups in total. The lowest BCUT2D eigenvalue weighted by molar-refractivity contribution is -0.132. The van der Waals surface area contributed by atoms with Crippen LogP contribution in [0.2, 0.25) is 0 Å². The molecule has 0 radical (unpaired) electrons. The molecular weight excluding hydrogens is 432 g/mol. The second-order valence-corrected chi connectivity index (χ2v) is 10.7. The fourth-order valence-corrected chi connectivity index (χ4v) is 5.10. The van der Waals surface area contributed by atoms with Gasteiger partial charge in [-0.2, -0.15) is 4.31 Å². The van der Waals surface area contributed by atoms with Crippen molar-refractivity contribution in [3.05, 3.63) is 36.0 Å². The van der Waals surface area contributed by atoms with E-state index in [1.807, 2.05) is 19.1 Å². The van der Waals surface area contributed by atoms with Gasteiger partial charge in [-0.05, 0) is 45.4 Å². The van der Waals surface area contributed by atoms with Crippen LogP contribution in [0.1, 0.15) is 32.8 Å². The van der Waals surface area contributed by atoms with E-state index in [1.54, 1.807) is 44.0 Å². The highest BCUT2D eigenvalue weighted by molar-refractivity contribution is 7.89. The zero-order valence-electron chi connectivity index (χ0n) is 18.9. The Bertz CT molecular complexity index is 1100. The van der Waals surface area contributed by atoms with Crippen molar-refractivity contribution in [2.75, 3.05) is 32.7 Å². The fraction of sp³-hybridized carbons (Fsp3) is 0.500. The van der Waals surface area contributed by atoms with E-state index >= 15 is 0 Å². The number of para-hydroxylation sites is 1. The van der Waals surface area contributed by atoms with Gasteiger partial charge >= 0.3 is 6.09 Å². The van der Waals surface area contributed by atoms with Crippen LogP contribution in [0.3, 0.4) is 0 Å². The number of sulfonamides is 1. The predicted octanol–water partition coefficient (Wildman–Crippen LogP) is 2.29. The van der Waals surface area contributed by atoms with E-state index in [9.17, 15) is 18.0 Å². The fourth-order valence-electron chi connectivity index (χ4n) is 3.51. The molecule has 0 unspecified atom stereocenters. The minimum absolute atomic E-state index is 0.124. The Labute approximate surface area is 188 Å². The zero-order valence-corrected chi connectivity index (χ0v) is 19.7. The lowest BCUT2D eigenvalue weighted by Gasteiger charge is -2.34. The van der Waals surface area contributed by atoms with Gasteiger partial charge in [0.1, 0.15) is 10.5 Å². The third kappa shape index (κ3) is 5.74. The largest absolute Gasteiger partial charge is 0.444 e. The Hall–Kier alpha value is -2.72. The number of nitrogens with one attached hydrogen (secondary N) is 1. The van der Waals surface area contributed by atoms with Crippen molar-refractivity contribution >= 4 is 32.9 Å². The van der Waals surface area contributed by atoms with E-state index in [4.69, 9.17) is 4.74 Å². The van der Waals surface area contributed by atoms with Gasteiger partial charge < -0.3 is 15.0 Å². The van der Waals surface area contributed by atoms with Crippen LogP contribution >= 0.6 is 0 Å². The average molecular weight is 463 g/mol. The van der Waals surface area contributed by atoms with Crippen molar-refractivity contribution in [2.24, 2.45) is 0 Å². The summed E-state index contributed by atoms with van der Waals surface area (Å²) in [6.07, 6.45) is 1.21. The summed E-state index contributed by atoms with van der Waals surface area (Å²) in [4.78, 5) is 30.3. The van der Waals surface area contributed by atoms with Gasteiger partial charge in [-0.1, -0.05) is 12.1 Å². The monoisotopic (exact) mass is 462 g/mol. The second-order valence-electron chi connectivity index (χ2n) is 8.80. The molecule has 0 atom stereocenters. The molecule has 0 aliphatic carbocycles. The maximum atomic E-state index is 13.2. The number of aryl methyl sites for hydroxylation is 1. The number of carbonyl (C=O) groups is 2. The predicted molar refractivity (Wildman–Crippen MR) is 121 cm³/mol. The second kappa shape index (κ2) is 9.41. The summed E-state index contributed by atoms with van der Waals surface area (Å²) >= 11 is 0. The quantitative estimate of drug-likeness (QED) is 0.730. The van der Waals surface area contributed by atoms with Gasteiger partial charge in [0.25, 0.3) is 0 Å². The van der Waals surface area contributed by atoms with Crippen LogP contribution in [0.5, 0.6) is 0 Å². The van der Waals surface area contributed by atoms with Gasteiger partial charge in [-0.3, -0.25) is 9.78 Å². The average Bonchev–Trinajstić information content (AvgIpc) is 2.71. The van der Waals surface area contributed by atoms with Crippen LogP contribution in [0.4, 0.5) is 4.79 Å². The number of alkyl carbamates (subject to hydrolysis) is 1. The van der Waals surface area contributed by atoms with Crippen LogP contribution in [0, 0.1) is 6.92 Å². The number of ether oxygens (including phenoxy) is 1. The molecule has 1 fully saturated rings. The topological polar surface area (TPSA) is 109 Å². The normalized spacial score (nSPS) is 15.6. The highest BCUT2D eigenvalue weighted by Crippen LogP contribution is 2.25. The van der Waals surface area contributed by atoms with Gasteiger partial charge in [0, 0.05) is 50.7 Å². The minimum Gasteiger partial charge on any atom is -0.444 e. The molecule has 0 bridgehead atoms. The number of amides is 2. The van der Waals surface area contributed by atoms with Gasteiger partial charge in [0.15, 0.2) is 0 Å².